The minimum Gasteiger partial charge on any atom is -0.357 e. The number of nitrogens with one attached hydrogen (secondary N) is 1. The van der Waals surface area contributed by atoms with Crippen LogP contribution in [0.1, 0.15) is 18.1 Å². The van der Waals surface area contributed by atoms with Crippen LogP contribution in [0.15, 0.2) is 42.5 Å². The molecule has 2 aromatic rings. The fourth-order valence-electron chi connectivity index (χ4n) is 2.53. The molecule has 0 radical (unpaired) electrons. The van der Waals surface area contributed by atoms with Crippen LogP contribution in [0.2, 0.25) is 10.0 Å². The molecule has 0 heterocycles. The van der Waals surface area contributed by atoms with Crippen molar-refractivity contribution >= 4 is 35.0 Å². The average molecular weight is 397 g/mol. The number of halogens is 3. The lowest BCUT2D eigenvalue weighted by atomic mass is 10.1. The van der Waals surface area contributed by atoms with Gasteiger partial charge in [-0.3, -0.25) is 9.59 Å². The van der Waals surface area contributed by atoms with Crippen molar-refractivity contribution in [2.75, 3.05) is 7.05 Å². The molecular weight excluding hydrogens is 378 g/mol. The third-order valence-corrected chi connectivity index (χ3v) is 4.79. The highest BCUT2D eigenvalue weighted by molar-refractivity contribution is 6.42. The maximum Gasteiger partial charge on any atom is 0.242 e. The second kappa shape index (κ2) is 9.01. The molecular formula is C19H19Cl2FN2O2. The molecule has 2 rings (SSSR count). The van der Waals surface area contributed by atoms with Crippen molar-refractivity contribution in [2.24, 2.45) is 0 Å². The van der Waals surface area contributed by atoms with Gasteiger partial charge in [0.25, 0.3) is 0 Å². The maximum atomic E-state index is 13.9. The predicted octanol–water partition coefficient (Wildman–Crippen LogP) is 3.84. The molecule has 1 unspecified atom stereocenters. The molecule has 0 aliphatic heterocycles. The van der Waals surface area contributed by atoms with Crippen LogP contribution < -0.4 is 5.32 Å². The van der Waals surface area contributed by atoms with E-state index in [4.69, 9.17) is 23.2 Å². The number of rotatable bonds is 6. The molecule has 26 heavy (non-hydrogen) atoms. The Morgan fingerprint density at radius 1 is 1.15 bits per heavy atom. The number of nitrogens with zero attached hydrogens (tertiary/aromatic N) is 1. The number of hydrogen-bond donors (Lipinski definition) is 1. The molecule has 2 aromatic carbocycles. The summed E-state index contributed by atoms with van der Waals surface area (Å²) in [4.78, 5) is 26.3. The highest BCUT2D eigenvalue weighted by Gasteiger charge is 2.26. The summed E-state index contributed by atoms with van der Waals surface area (Å²) in [6, 6.07) is 10.3. The van der Waals surface area contributed by atoms with Crippen LogP contribution >= 0.6 is 23.2 Å². The summed E-state index contributed by atoms with van der Waals surface area (Å²) in [7, 11) is 1.50. The highest BCUT2D eigenvalue weighted by atomic mass is 35.5. The normalized spacial score (nSPS) is 11.7. The van der Waals surface area contributed by atoms with Gasteiger partial charge in [0, 0.05) is 13.6 Å². The quantitative estimate of drug-likeness (QED) is 0.806. The number of amides is 2. The summed E-state index contributed by atoms with van der Waals surface area (Å²) in [6.07, 6.45) is -0.144. The van der Waals surface area contributed by atoms with Crippen molar-refractivity contribution in [1.29, 1.82) is 0 Å². The molecule has 1 N–H and O–H groups in total. The summed E-state index contributed by atoms with van der Waals surface area (Å²) in [5, 5.41) is 3.29. The van der Waals surface area contributed by atoms with E-state index < -0.39 is 11.9 Å². The van der Waals surface area contributed by atoms with Gasteiger partial charge in [0.1, 0.15) is 11.9 Å². The maximum absolute atomic E-state index is 13.9. The molecule has 0 aliphatic carbocycles. The van der Waals surface area contributed by atoms with E-state index in [1.807, 2.05) is 0 Å². The standard InChI is InChI=1S/C19H19Cl2FN2O2/c1-12(19(26)23-2)24(11-13-7-8-15(20)16(21)9-13)18(25)10-14-5-3-4-6-17(14)22/h3-9,12H,10-11H2,1-2H3,(H,23,26). The fourth-order valence-corrected chi connectivity index (χ4v) is 2.85. The first-order valence-electron chi connectivity index (χ1n) is 8.02. The SMILES string of the molecule is CNC(=O)C(C)N(Cc1ccc(Cl)c(Cl)c1)C(=O)Cc1ccccc1F. The minimum atomic E-state index is -0.728. The van der Waals surface area contributed by atoms with Crippen LogP contribution in [0.25, 0.3) is 0 Å². The van der Waals surface area contributed by atoms with Gasteiger partial charge >= 0.3 is 0 Å². The molecule has 138 valence electrons. The Morgan fingerprint density at radius 3 is 2.46 bits per heavy atom. The molecule has 0 bridgehead atoms. The van der Waals surface area contributed by atoms with Gasteiger partial charge in [-0.1, -0.05) is 47.5 Å². The monoisotopic (exact) mass is 396 g/mol. The van der Waals surface area contributed by atoms with Crippen LogP contribution in [0, 0.1) is 5.82 Å². The molecule has 0 aliphatic rings. The molecule has 2 amide bonds. The Hall–Kier alpha value is -2.11. The Morgan fingerprint density at radius 2 is 1.85 bits per heavy atom. The third kappa shape index (κ3) is 4.96. The van der Waals surface area contributed by atoms with Crippen molar-refractivity contribution in [3.05, 3.63) is 69.5 Å². The predicted molar refractivity (Wildman–Crippen MR) is 101 cm³/mol. The molecule has 0 fully saturated rings. The van der Waals surface area contributed by atoms with Crippen LogP contribution in [-0.4, -0.2) is 29.8 Å². The van der Waals surface area contributed by atoms with E-state index >= 15 is 0 Å². The summed E-state index contributed by atoms with van der Waals surface area (Å²) in [5.74, 6) is -1.13. The summed E-state index contributed by atoms with van der Waals surface area (Å²) >= 11 is 12.0. The van der Waals surface area contributed by atoms with Gasteiger partial charge in [0.15, 0.2) is 0 Å². The summed E-state index contributed by atoms with van der Waals surface area (Å²) in [5.41, 5.74) is 0.998. The summed E-state index contributed by atoms with van der Waals surface area (Å²) < 4.78 is 13.9. The van der Waals surface area contributed by atoms with Gasteiger partial charge in [-0.05, 0) is 36.2 Å². The summed E-state index contributed by atoms with van der Waals surface area (Å²) in [6.45, 7) is 1.77. The minimum absolute atomic E-state index is 0.144. The van der Waals surface area contributed by atoms with Gasteiger partial charge in [-0.2, -0.15) is 0 Å². The smallest absolute Gasteiger partial charge is 0.242 e. The lowest BCUT2D eigenvalue weighted by Gasteiger charge is -2.28. The van der Waals surface area contributed by atoms with E-state index in [0.717, 1.165) is 5.56 Å². The molecule has 1 atom stereocenters. The van der Waals surface area contributed by atoms with Gasteiger partial charge in [-0.15, -0.1) is 0 Å². The van der Waals surface area contributed by atoms with Gasteiger partial charge in [0.2, 0.25) is 11.8 Å². The zero-order chi connectivity index (χ0) is 19.3. The van der Waals surface area contributed by atoms with E-state index in [9.17, 15) is 14.0 Å². The zero-order valence-electron chi connectivity index (χ0n) is 14.4. The Balaban J connectivity index is 2.27. The first-order valence-corrected chi connectivity index (χ1v) is 8.77. The topological polar surface area (TPSA) is 49.4 Å². The number of carbonyl (C=O) groups is 2. The number of likely N-dealkylation sites (N-methyl/N-ethyl adjacent to an activating group) is 1. The van der Waals surface area contributed by atoms with Crippen molar-refractivity contribution < 1.29 is 14.0 Å². The van der Waals surface area contributed by atoms with E-state index in [-0.39, 0.29) is 30.3 Å². The lowest BCUT2D eigenvalue weighted by molar-refractivity contribution is -0.139. The molecule has 7 heteroatoms. The van der Waals surface area contributed by atoms with Crippen LogP contribution in [-0.2, 0) is 22.6 Å². The molecule has 0 spiro atoms. The van der Waals surface area contributed by atoms with Gasteiger partial charge < -0.3 is 10.2 Å². The lowest BCUT2D eigenvalue weighted by Crippen LogP contribution is -2.47. The van der Waals surface area contributed by atoms with Crippen LogP contribution in [0.4, 0.5) is 4.39 Å². The van der Waals surface area contributed by atoms with Crippen molar-refractivity contribution in [3.8, 4) is 0 Å². The first-order chi connectivity index (χ1) is 12.3. The zero-order valence-corrected chi connectivity index (χ0v) is 15.9. The Bertz CT molecular complexity index is 814. The van der Waals surface area contributed by atoms with E-state index in [1.165, 1.54) is 18.0 Å². The van der Waals surface area contributed by atoms with E-state index in [2.05, 4.69) is 5.32 Å². The first kappa shape index (κ1) is 20.2. The number of benzene rings is 2. The third-order valence-electron chi connectivity index (χ3n) is 4.05. The largest absolute Gasteiger partial charge is 0.357 e. The Kier molecular flexibility index (Phi) is 7.00. The van der Waals surface area contributed by atoms with Gasteiger partial charge in [-0.25, -0.2) is 4.39 Å². The van der Waals surface area contributed by atoms with Crippen molar-refractivity contribution in [2.45, 2.75) is 25.9 Å². The number of carbonyl (C=O) groups excluding carboxylic acids is 2. The molecule has 0 aromatic heterocycles. The highest BCUT2D eigenvalue weighted by Crippen LogP contribution is 2.24. The van der Waals surface area contributed by atoms with Crippen molar-refractivity contribution in [1.82, 2.24) is 10.2 Å². The van der Waals surface area contributed by atoms with Gasteiger partial charge in [0.05, 0.1) is 16.5 Å². The average Bonchev–Trinajstić information content (AvgIpc) is 2.63. The Labute approximate surface area is 161 Å². The van der Waals surface area contributed by atoms with Crippen LogP contribution in [0.3, 0.4) is 0 Å². The molecule has 0 saturated carbocycles. The van der Waals surface area contributed by atoms with Crippen molar-refractivity contribution in [3.63, 3.8) is 0 Å². The van der Waals surface area contributed by atoms with Crippen LogP contribution in [0.5, 0.6) is 0 Å². The second-order valence-electron chi connectivity index (χ2n) is 5.83. The number of hydrogen-bond acceptors (Lipinski definition) is 2. The molecule has 4 nitrogen and oxygen atoms in total. The fraction of sp³-hybridized carbons (Fsp3) is 0.263. The second-order valence-corrected chi connectivity index (χ2v) is 6.64. The molecule has 0 saturated heterocycles. The van der Waals surface area contributed by atoms with E-state index in [1.54, 1.807) is 43.3 Å². The van der Waals surface area contributed by atoms with E-state index in [0.29, 0.717) is 10.0 Å².